The second-order valence-corrected chi connectivity index (χ2v) is 6.97. The molecule has 7 heteroatoms. The van der Waals surface area contributed by atoms with Crippen LogP contribution in [0.4, 0.5) is 24.7 Å². The van der Waals surface area contributed by atoms with Crippen LogP contribution in [0.1, 0.15) is 29.5 Å². The zero-order valence-corrected chi connectivity index (χ0v) is 15.3. The number of nitrogens with one attached hydrogen (secondary N) is 1. The zero-order valence-electron chi connectivity index (χ0n) is 15.3. The summed E-state index contributed by atoms with van der Waals surface area (Å²) in [7, 11) is 0. The van der Waals surface area contributed by atoms with Gasteiger partial charge in [-0.2, -0.15) is 13.2 Å². The van der Waals surface area contributed by atoms with E-state index in [1.807, 2.05) is 36.9 Å². The number of aryl methyl sites for hydroxylation is 2. The summed E-state index contributed by atoms with van der Waals surface area (Å²) in [5.41, 5.74) is 2.17. The van der Waals surface area contributed by atoms with Gasteiger partial charge in [0.1, 0.15) is 5.82 Å². The number of carbonyl (C=O) groups excluding carboxylic acids is 1. The second kappa shape index (κ2) is 7.58. The lowest BCUT2D eigenvalue weighted by Crippen LogP contribution is -2.38. The Morgan fingerprint density at radius 3 is 2.44 bits per heavy atom. The van der Waals surface area contributed by atoms with Gasteiger partial charge in [0.2, 0.25) is 5.91 Å². The fourth-order valence-electron chi connectivity index (χ4n) is 3.22. The number of aromatic nitrogens is 1. The molecule has 2 heterocycles. The van der Waals surface area contributed by atoms with Crippen molar-refractivity contribution in [2.75, 3.05) is 23.3 Å². The van der Waals surface area contributed by atoms with Crippen LogP contribution in [0.3, 0.4) is 0 Å². The van der Waals surface area contributed by atoms with E-state index in [0.29, 0.717) is 31.7 Å². The molecule has 0 spiro atoms. The van der Waals surface area contributed by atoms with Gasteiger partial charge in [0.05, 0.1) is 5.56 Å². The van der Waals surface area contributed by atoms with Gasteiger partial charge in [-0.15, -0.1) is 0 Å². The topological polar surface area (TPSA) is 45.2 Å². The average molecular weight is 377 g/mol. The number of pyridine rings is 1. The van der Waals surface area contributed by atoms with Crippen LogP contribution in [-0.2, 0) is 11.0 Å². The van der Waals surface area contributed by atoms with Crippen molar-refractivity contribution in [2.45, 2.75) is 32.9 Å². The van der Waals surface area contributed by atoms with E-state index in [9.17, 15) is 18.0 Å². The van der Waals surface area contributed by atoms with Crippen molar-refractivity contribution in [3.8, 4) is 0 Å². The summed E-state index contributed by atoms with van der Waals surface area (Å²) in [6.45, 7) is 5.10. The SMILES string of the molecule is Cc1ccc(C)c(NC(=O)C2CCN(c3ccc(C(F)(F)F)cn3)CC2)c1. The molecular weight excluding hydrogens is 355 g/mol. The van der Waals surface area contributed by atoms with Crippen molar-refractivity contribution in [1.82, 2.24) is 4.98 Å². The number of benzene rings is 1. The molecule has 1 aromatic heterocycles. The number of halogens is 3. The highest BCUT2D eigenvalue weighted by Crippen LogP contribution is 2.30. The third-order valence-corrected chi connectivity index (χ3v) is 4.92. The molecule has 4 nitrogen and oxygen atoms in total. The highest BCUT2D eigenvalue weighted by molar-refractivity contribution is 5.93. The minimum atomic E-state index is -4.38. The molecule has 1 aliphatic rings. The fourth-order valence-corrected chi connectivity index (χ4v) is 3.22. The number of alkyl halides is 3. The maximum atomic E-state index is 12.6. The van der Waals surface area contributed by atoms with Crippen molar-refractivity contribution in [2.24, 2.45) is 5.92 Å². The predicted molar refractivity (Wildman–Crippen MR) is 98.7 cm³/mol. The molecule has 0 unspecified atom stereocenters. The van der Waals surface area contributed by atoms with E-state index in [4.69, 9.17) is 0 Å². The van der Waals surface area contributed by atoms with Crippen LogP contribution in [0, 0.1) is 19.8 Å². The van der Waals surface area contributed by atoms with E-state index in [2.05, 4.69) is 10.3 Å². The van der Waals surface area contributed by atoms with Crippen LogP contribution < -0.4 is 10.2 Å². The van der Waals surface area contributed by atoms with E-state index in [0.717, 1.165) is 29.1 Å². The average Bonchev–Trinajstić information content (AvgIpc) is 2.64. The Morgan fingerprint density at radius 1 is 1.15 bits per heavy atom. The van der Waals surface area contributed by atoms with Crippen LogP contribution in [0.5, 0.6) is 0 Å². The van der Waals surface area contributed by atoms with Gasteiger partial charge in [-0.1, -0.05) is 12.1 Å². The molecular formula is C20H22F3N3O. The number of hydrogen-bond donors (Lipinski definition) is 1. The molecule has 3 rings (SSSR count). The van der Waals surface area contributed by atoms with E-state index in [1.165, 1.54) is 6.07 Å². The Balaban J connectivity index is 1.58. The standard InChI is InChI=1S/C20H22F3N3O/c1-13-3-4-14(2)17(11-13)25-19(27)15-7-9-26(10-8-15)18-6-5-16(12-24-18)20(21,22)23/h3-6,11-12,15H,7-10H2,1-2H3,(H,25,27). The first kappa shape index (κ1) is 19.2. The molecule has 1 aliphatic heterocycles. The lowest BCUT2D eigenvalue weighted by molar-refractivity contribution is -0.137. The first-order valence-electron chi connectivity index (χ1n) is 8.90. The summed E-state index contributed by atoms with van der Waals surface area (Å²) < 4.78 is 37.9. The summed E-state index contributed by atoms with van der Waals surface area (Å²) in [5.74, 6) is 0.385. The minimum absolute atomic E-state index is 0.0104. The van der Waals surface area contributed by atoms with E-state index < -0.39 is 11.7 Å². The second-order valence-electron chi connectivity index (χ2n) is 6.97. The van der Waals surface area contributed by atoms with Gasteiger partial charge in [-0.3, -0.25) is 4.79 Å². The van der Waals surface area contributed by atoms with E-state index in [-0.39, 0.29) is 11.8 Å². The molecule has 1 saturated heterocycles. The van der Waals surface area contributed by atoms with Crippen molar-refractivity contribution < 1.29 is 18.0 Å². The molecule has 1 aromatic carbocycles. The zero-order chi connectivity index (χ0) is 19.6. The maximum Gasteiger partial charge on any atom is 0.417 e. The molecule has 1 N–H and O–H groups in total. The molecule has 0 saturated carbocycles. The van der Waals surface area contributed by atoms with Crippen LogP contribution in [0.15, 0.2) is 36.5 Å². The molecule has 1 fully saturated rings. The maximum absolute atomic E-state index is 12.6. The number of amides is 1. The Bertz CT molecular complexity index is 810. The van der Waals surface area contributed by atoms with E-state index >= 15 is 0 Å². The molecule has 144 valence electrons. The summed E-state index contributed by atoms with van der Waals surface area (Å²) in [6, 6.07) is 8.36. The number of rotatable bonds is 3. The number of piperidine rings is 1. The van der Waals surface area contributed by atoms with Gasteiger partial charge in [-0.05, 0) is 56.0 Å². The summed E-state index contributed by atoms with van der Waals surface area (Å²) in [4.78, 5) is 18.4. The Hall–Kier alpha value is -2.57. The van der Waals surface area contributed by atoms with Gasteiger partial charge >= 0.3 is 6.18 Å². The van der Waals surface area contributed by atoms with E-state index in [1.54, 1.807) is 0 Å². The summed E-state index contributed by atoms with van der Waals surface area (Å²) in [6.07, 6.45) is -2.25. The molecule has 2 aromatic rings. The fraction of sp³-hybridized carbons (Fsp3) is 0.400. The lowest BCUT2D eigenvalue weighted by atomic mass is 9.95. The third kappa shape index (κ3) is 4.59. The lowest BCUT2D eigenvalue weighted by Gasteiger charge is -2.32. The van der Waals surface area contributed by atoms with Gasteiger partial charge in [0.15, 0.2) is 0 Å². The van der Waals surface area contributed by atoms with Crippen molar-refractivity contribution in [1.29, 1.82) is 0 Å². The number of nitrogens with zero attached hydrogens (tertiary/aromatic N) is 2. The molecule has 1 amide bonds. The van der Waals surface area contributed by atoms with Crippen LogP contribution in [0.2, 0.25) is 0 Å². The highest BCUT2D eigenvalue weighted by Gasteiger charge is 2.31. The van der Waals surface area contributed by atoms with Crippen LogP contribution >= 0.6 is 0 Å². The molecule has 27 heavy (non-hydrogen) atoms. The van der Waals surface area contributed by atoms with Crippen molar-refractivity contribution in [3.05, 3.63) is 53.2 Å². The van der Waals surface area contributed by atoms with Gasteiger partial charge in [0, 0.05) is 30.9 Å². The quantitative estimate of drug-likeness (QED) is 0.852. The normalized spacial score (nSPS) is 15.7. The smallest absolute Gasteiger partial charge is 0.357 e. The Labute approximate surface area is 156 Å². The largest absolute Gasteiger partial charge is 0.417 e. The van der Waals surface area contributed by atoms with Crippen LogP contribution in [0.25, 0.3) is 0 Å². The van der Waals surface area contributed by atoms with Crippen molar-refractivity contribution >= 4 is 17.4 Å². The third-order valence-electron chi connectivity index (χ3n) is 4.92. The van der Waals surface area contributed by atoms with Gasteiger partial charge < -0.3 is 10.2 Å². The monoisotopic (exact) mass is 377 g/mol. The van der Waals surface area contributed by atoms with Gasteiger partial charge in [-0.25, -0.2) is 4.98 Å². The van der Waals surface area contributed by atoms with Gasteiger partial charge in [0.25, 0.3) is 0 Å². The molecule has 0 bridgehead atoms. The number of hydrogen-bond acceptors (Lipinski definition) is 3. The predicted octanol–water partition coefficient (Wildman–Crippen LogP) is 4.57. The number of anilines is 2. The Morgan fingerprint density at radius 2 is 1.85 bits per heavy atom. The molecule has 0 atom stereocenters. The van der Waals surface area contributed by atoms with Crippen LogP contribution in [-0.4, -0.2) is 24.0 Å². The molecule has 0 radical (unpaired) electrons. The first-order valence-corrected chi connectivity index (χ1v) is 8.90. The summed E-state index contributed by atoms with van der Waals surface area (Å²) in [5, 5.41) is 3.00. The Kier molecular flexibility index (Phi) is 5.39. The number of carbonyl (C=O) groups is 1. The minimum Gasteiger partial charge on any atom is -0.357 e. The first-order chi connectivity index (χ1) is 12.7. The molecule has 0 aliphatic carbocycles. The summed E-state index contributed by atoms with van der Waals surface area (Å²) >= 11 is 0. The highest BCUT2D eigenvalue weighted by atomic mass is 19.4. The van der Waals surface area contributed by atoms with Crippen molar-refractivity contribution in [3.63, 3.8) is 0 Å².